The molecule has 7 nitrogen and oxygen atoms in total. The maximum absolute atomic E-state index is 11.9. The van der Waals surface area contributed by atoms with Crippen LogP contribution >= 0.6 is 0 Å². The Morgan fingerprint density at radius 1 is 1.32 bits per heavy atom. The number of carbonyl (C=O) groups excluding carboxylic acids is 1. The summed E-state index contributed by atoms with van der Waals surface area (Å²) in [6, 6.07) is 7.56. The van der Waals surface area contributed by atoms with E-state index >= 15 is 0 Å². The maximum atomic E-state index is 11.9. The summed E-state index contributed by atoms with van der Waals surface area (Å²) >= 11 is 0. The van der Waals surface area contributed by atoms with Crippen LogP contribution < -0.4 is 5.32 Å². The van der Waals surface area contributed by atoms with Gasteiger partial charge in [-0.05, 0) is 38.5 Å². The van der Waals surface area contributed by atoms with E-state index in [0.29, 0.717) is 12.1 Å². The van der Waals surface area contributed by atoms with Crippen LogP contribution in [0.4, 0.5) is 5.69 Å². The molecule has 0 aliphatic rings. The largest absolute Gasteiger partial charge is 0.352 e. The van der Waals surface area contributed by atoms with Gasteiger partial charge in [-0.1, -0.05) is 0 Å². The normalized spacial score (nSPS) is 10.5. The second-order valence-corrected chi connectivity index (χ2v) is 5.06. The molecule has 1 aromatic carbocycles. The second kappa shape index (κ2) is 6.84. The van der Waals surface area contributed by atoms with E-state index in [2.05, 4.69) is 10.4 Å². The van der Waals surface area contributed by atoms with Crippen LogP contribution in [0.15, 0.2) is 30.3 Å². The summed E-state index contributed by atoms with van der Waals surface area (Å²) in [5.74, 6) is -0.233. The number of carbonyl (C=O) groups is 1. The van der Waals surface area contributed by atoms with Crippen molar-refractivity contribution in [2.75, 3.05) is 6.54 Å². The van der Waals surface area contributed by atoms with Crippen LogP contribution in [0.25, 0.3) is 0 Å². The molecule has 1 N–H and O–H groups in total. The van der Waals surface area contributed by atoms with Gasteiger partial charge in [-0.2, -0.15) is 5.10 Å². The molecule has 1 amide bonds. The summed E-state index contributed by atoms with van der Waals surface area (Å²) in [5, 5.41) is 17.7. The van der Waals surface area contributed by atoms with E-state index in [9.17, 15) is 14.9 Å². The molecule has 22 heavy (non-hydrogen) atoms. The predicted molar refractivity (Wildman–Crippen MR) is 81.7 cm³/mol. The number of hydrogen-bond acceptors (Lipinski definition) is 4. The number of nitro benzene ring substituents is 1. The van der Waals surface area contributed by atoms with Gasteiger partial charge in [0.2, 0.25) is 0 Å². The molecule has 2 aromatic rings. The number of hydrogen-bond donors (Lipinski definition) is 1. The first-order chi connectivity index (χ1) is 10.5. The number of aryl methyl sites for hydroxylation is 3. The van der Waals surface area contributed by atoms with Crippen molar-refractivity contribution in [1.82, 2.24) is 15.1 Å². The molecule has 0 aliphatic carbocycles. The molecule has 0 aliphatic heterocycles. The zero-order valence-corrected chi connectivity index (χ0v) is 12.6. The first kappa shape index (κ1) is 15.7. The Morgan fingerprint density at radius 3 is 2.55 bits per heavy atom. The minimum Gasteiger partial charge on any atom is -0.352 e. The molecule has 0 saturated heterocycles. The molecule has 0 saturated carbocycles. The van der Waals surface area contributed by atoms with E-state index in [1.165, 1.54) is 24.3 Å². The fourth-order valence-corrected chi connectivity index (χ4v) is 2.17. The molecule has 0 bridgehead atoms. The van der Waals surface area contributed by atoms with Gasteiger partial charge in [0.15, 0.2) is 0 Å². The Bertz CT molecular complexity index is 677. The van der Waals surface area contributed by atoms with E-state index in [1.54, 1.807) is 0 Å². The molecule has 0 fully saturated rings. The first-order valence-corrected chi connectivity index (χ1v) is 7.01. The molecule has 1 heterocycles. The fourth-order valence-electron chi connectivity index (χ4n) is 2.17. The number of nitrogens with zero attached hydrogens (tertiary/aromatic N) is 3. The Morgan fingerprint density at radius 2 is 2.00 bits per heavy atom. The Kier molecular flexibility index (Phi) is 4.88. The van der Waals surface area contributed by atoms with E-state index < -0.39 is 4.92 Å². The Hall–Kier alpha value is -2.70. The van der Waals surface area contributed by atoms with Crippen LogP contribution in [0, 0.1) is 24.0 Å². The molecule has 2 rings (SSSR count). The van der Waals surface area contributed by atoms with Gasteiger partial charge >= 0.3 is 0 Å². The fraction of sp³-hybridized carbons (Fsp3) is 0.333. The molecule has 0 atom stereocenters. The molecular weight excluding hydrogens is 284 g/mol. The highest BCUT2D eigenvalue weighted by Crippen LogP contribution is 2.11. The molecular formula is C15H18N4O3. The van der Waals surface area contributed by atoms with Crippen molar-refractivity contribution in [3.05, 3.63) is 57.4 Å². The topological polar surface area (TPSA) is 90.1 Å². The van der Waals surface area contributed by atoms with Crippen molar-refractivity contribution in [1.29, 1.82) is 0 Å². The molecule has 1 aromatic heterocycles. The zero-order valence-electron chi connectivity index (χ0n) is 12.6. The van der Waals surface area contributed by atoms with Crippen LogP contribution in [0.1, 0.15) is 28.2 Å². The van der Waals surface area contributed by atoms with Gasteiger partial charge in [0.25, 0.3) is 11.6 Å². The van der Waals surface area contributed by atoms with E-state index in [-0.39, 0.29) is 11.6 Å². The molecule has 7 heteroatoms. The SMILES string of the molecule is Cc1cc(C)n(CCCNC(=O)c2ccc([N+](=O)[O-])cc2)n1. The van der Waals surface area contributed by atoms with E-state index in [0.717, 1.165) is 24.4 Å². The van der Waals surface area contributed by atoms with Crippen LogP contribution in [-0.2, 0) is 6.54 Å². The lowest BCUT2D eigenvalue weighted by Gasteiger charge is -2.06. The Balaban J connectivity index is 1.80. The smallest absolute Gasteiger partial charge is 0.269 e. The van der Waals surface area contributed by atoms with Gasteiger partial charge < -0.3 is 5.32 Å². The third kappa shape index (κ3) is 3.91. The molecule has 0 spiro atoms. The van der Waals surface area contributed by atoms with Gasteiger partial charge in [-0.15, -0.1) is 0 Å². The molecule has 116 valence electrons. The first-order valence-electron chi connectivity index (χ1n) is 7.01. The summed E-state index contributed by atoms with van der Waals surface area (Å²) in [7, 11) is 0. The van der Waals surface area contributed by atoms with Crippen molar-refractivity contribution in [3.8, 4) is 0 Å². The molecule has 0 unspecified atom stereocenters. The summed E-state index contributed by atoms with van der Waals surface area (Å²) in [6.07, 6.45) is 0.765. The van der Waals surface area contributed by atoms with Gasteiger partial charge in [-0.25, -0.2) is 0 Å². The van der Waals surface area contributed by atoms with Crippen LogP contribution in [0.5, 0.6) is 0 Å². The highest BCUT2D eigenvalue weighted by Gasteiger charge is 2.09. The third-order valence-corrected chi connectivity index (χ3v) is 3.28. The third-order valence-electron chi connectivity index (χ3n) is 3.28. The van der Waals surface area contributed by atoms with Crippen molar-refractivity contribution in [3.63, 3.8) is 0 Å². The number of non-ortho nitro benzene ring substituents is 1. The highest BCUT2D eigenvalue weighted by molar-refractivity contribution is 5.94. The maximum Gasteiger partial charge on any atom is 0.269 e. The minimum absolute atomic E-state index is 0.0268. The number of rotatable bonds is 6. The number of benzene rings is 1. The predicted octanol–water partition coefficient (Wildman–Crippen LogP) is 2.23. The highest BCUT2D eigenvalue weighted by atomic mass is 16.6. The average Bonchev–Trinajstić information content (AvgIpc) is 2.81. The lowest BCUT2D eigenvalue weighted by atomic mass is 10.2. The van der Waals surface area contributed by atoms with Crippen molar-refractivity contribution < 1.29 is 9.72 Å². The Labute approximate surface area is 128 Å². The number of nitro groups is 1. The second-order valence-electron chi connectivity index (χ2n) is 5.06. The van der Waals surface area contributed by atoms with E-state index in [1.807, 2.05) is 24.6 Å². The standard InChI is InChI=1S/C15H18N4O3/c1-11-10-12(2)18(17-11)9-3-8-16-15(20)13-4-6-14(7-5-13)19(21)22/h4-7,10H,3,8-9H2,1-2H3,(H,16,20). The summed E-state index contributed by atoms with van der Waals surface area (Å²) in [6.45, 7) is 5.20. The number of nitrogens with one attached hydrogen (secondary N) is 1. The van der Waals surface area contributed by atoms with Crippen molar-refractivity contribution in [2.45, 2.75) is 26.8 Å². The zero-order chi connectivity index (χ0) is 16.1. The van der Waals surface area contributed by atoms with Crippen molar-refractivity contribution in [2.24, 2.45) is 0 Å². The van der Waals surface area contributed by atoms with Crippen LogP contribution in [0.3, 0.4) is 0 Å². The molecule has 0 radical (unpaired) electrons. The van der Waals surface area contributed by atoms with Crippen LogP contribution in [0.2, 0.25) is 0 Å². The van der Waals surface area contributed by atoms with Crippen LogP contribution in [-0.4, -0.2) is 27.2 Å². The monoisotopic (exact) mass is 302 g/mol. The van der Waals surface area contributed by atoms with Gasteiger partial charge in [0, 0.05) is 36.5 Å². The lowest BCUT2D eigenvalue weighted by Crippen LogP contribution is -2.25. The summed E-state index contributed by atoms with van der Waals surface area (Å²) in [5.41, 5.74) is 2.46. The minimum atomic E-state index is -0.490. The summed E-state index contributed by atoms with van der Waals surface area (Å²) < 4.78 is 1.91. The van der Waals surface area contributed by atoms with Gasteiger partial charge in [0.05, 0.1) is 10.6 Å². The lowest BCUT2D eigenvalue weighted by molar-refractivity contribution is -0.384. The van der Waals surface area contributed by atoms with Crippen molar-refractivity contribution >= 4 is 11.6 Å². The number of amides is 1. The van der Waals surface area contributed by atoms with Gasteiger partial charge in [0.1, 0.15) is 0 Å². The van der Waals surface area contributed by atoms with E-state index in [4.69, 9.17) is 0 Å². The summed E-state index contributed by atoms with van der Waals surface area (Å²) in [4.78, 5) is 22.0. The van der Waals surface area contributed by atoms with Gasteiger partial charge in [-0.3, -0.25) is 19.6 Å². The average molecular weight is 302 g/mol. The quantitative estimate of drug-likeness (QED) is 0.503. The number of aromatic nitrogens is 2.